The first kappa shape index (κ1) is 9.97. The zero-order chi connectivity index (χ0) is 11.0. The van der Waals surface area contributed by atoms with Crippen molar-refractivity contribution in [3.05, 3.63) is 24.3 Å². The molecule has 3 rings (SSSR count). The zero-order valence-corrected chi connectivity index (χ0v) is 9.43. The highest BCUT2D eigenvalue weighted by Gasteiger charge is 2.38. The van der Waals surface area contributed by atoms with Crippen LogP contribution in [0, 0.1) is 0 Å². The third-order valence-electron chi connectivity index (χ3n) is 3.71. The van der Waals surface area contributed by atoms with Crippen LogP contribution < -0.4 is 10.5 Å². The van der Waals surface area contributed by atoms with Gasteiger partial charge in [-0.25, -0.2) is 0 Å². The van der Waals surface area contributed by atoms with Gasteiger partial charge in [-0.05, 0) is 50.1 Å². The van der Waals surface area contributed by atoms with Gasteiger partial charge in [0.1, 0.15) is 11.9 Å². The quantitative estimate of drug-likeness (QED) is 0.770. The molecule has 0 aromatic heterocycles. The summed E-state index contributed by atoms with van der Waals surface area (Å²) in [5.41, 5.74) is 6.45. The molecule has 3 heteroatoms. The van der Waals surface area contributed by atoms with Gasteiger partial charge in [0, 0.05) is 18.3 Å². The predicted molar refractivity (Wildman–Crippen MR) is 64.5 cm³/mol. The third kappa shape index (κ3) is 1.76. The molecule has 0 amide bonds. The van der Waals surface area contributed by atoms with Crippen molar-refractivity contribution in [2.75, 3.05) is 18.8 Å². The highest BCUT2D eigenvalue weighted by molar-refractivity contribution is 5.41. The van der Waals surface area contributed by atoms with Crippen molar-refractivity contribution < 1.29 is 4.74 Å². The van der Waals surface area contributed by atoms with Crippen LogP contribution in [0.25, 0.3) is 0 Å². The third-order valence-corrected chi connectivity index (χ3v) is 3.71. The lowest BCUT2D eigenvalue weighted by Gasteiger charge is -2.21. The maximum Gasteiger partial charge on any atom is 0.119 e. The van der Waals surface area contributed by atoms with Crippen molar-refractivity contribution >= 4 is 5.69 Å². The molecular weight excluding hydrogens is 200 g/mol. The highest BCUT2D eigenvalue weighted by Crippen LogP contribution is 2.31. The number of anilines is 1. The van der Waals surface area contributed by atoms with E-state index in [1.165, 1.54) is 25.9 Å². The SMILES string of the molecule is Nc1ccc(OC2CCN3CCCC23)cc1. The second-order valence-corrected chi connectivity index (χ2v) is 4.76. The Hall–Kier alpha value is -1.22. The molecule has 2 atom stereocenters. The molecule has 3 nitrogen and oxygen atoms in total. The molecule has 2 aliphatic heterocycles. The lowest BCUT2D eigenvalue weighted by Crippen LogP contribution is -2.32. The Morgan fingerprint density at radius 3 is 2.75 bits per heavy atom. The van der Waals surface area contributed by atoms with E-state index in [0.717, 1.165) is 17.9 Å². The lowest BCUT2D eigenvalue weighted by atomic mass is 10.1. The summed E-state index contributed by atoms with van der Waals surface area (Å²) in [6.07, 6.45) is 4.16. The topological polar surface area (TPSA) is 38.5 Å². The Bertz CT molecular complexity index is 363. The predicted octanol–water partition coefficient (Wildman–Crippen LogP) is 1.88. The highest BCUT2D eigenvalue weighted by atomic mass is 16.5. The summed E-state index contributed by atoms with van der Waals surface area (Å²) in [5, 5.41) is 0. The second kappa shape index (κ2) is 3.98. The molecule has 16 heavy (non-hydrogen) atoms. The fraction of sp³-hybridized carbons (Fsp3) is 0.538. The fourth-order valence-corrected chi connectivity index (χ4v) is 2.89. The molecule has 86 valence electrons. The first-order valence-corrected chi connectivity index (χ1v) is 6.09. The Balaban J connectivity index is 1.68. The van der Waals surface area contributed by atoms with Gasteiger partial charge < -0.3 is 10.5 Å². The smallest absolute Gasteiger partial charge is 0.119 e. The van der Waals surface area contributed by atoms with E-state index in [9.17, 15) is 0 Å². The maximum absolute atomic E-state index is 6.05. The molecule has 1 aromatic rings. The van der Waals surface area contributed by atoms with Crippen molar-refractivity contribution in [1.82, 2.24) is 4.90 Å². The number of fused-ring (bicyclic) bond motifs is 1. The standard InChI is InChI=1S/C13H18N2O/c14-10-3-5-11(6-4-10)16-13-7-9-15-8-1-2-12(13)15/h3-6,12-13H,1-2,7-9,14H2. The first-order chi connectivity index (χ1) is 7.83. The van der Waals surface area contributed by atoms with Gasteiger partial charge in [0.25, 0.3) is 0 Å². The molecule has 0 saturated carbocycles. The van der Waals surface area contributed by atoms with E-state index < -0.39 is 0 Å². The van der Waals surface area contributed by atoms with Crippen molar-refractivity contribution in [2.24, 2.45) is 0 Å². The number of nitrogens with zero attached hydrogens (tertiary/aromatic N) is 1. The zero-order valence-electron chi connectivity index (χ0n) is 9.43. The van der Waals surface area contributed by atoms with E-state index in [4.69, 9.17) is 10.5 Å². The number of ether oxygens (including phenoxy) is 1. The van der Waals surface area contributed by atoms with Crippen molar-refractivity contribution in [1.29, 1.82) is 0 Å². The molecule has 2 unspecified atom stereocenters. The molecule has 2 heterocycles. The van der Waals surface area contributed by atoms with Crippen molar-refractivity contribution in [3.8, 4) is 5.75 Å². The van der Waals surface area contributed by atoms with Crippen LogP contribution in [0.1, 0.15) is 19.3 Å². The fourth-order valence-electron chi connectivity index (χ4n) is 2.89. The molecule has 2 fully saturated rings. The summed E-state index contributed by atoms with van der Waals surface area (Å²) in [7, 11) is 0. The van der Waals surface area contributed by atoms with Crippen LogP contribution in [0.15, 0.2) is 24.3 Å². The van der Waals surface area contributed by atoms with Crippen molar-refractivity contribution in [2.45, 2.75) is 31.4 Å². The minimum atomic E-state index is 0.381. The molecular formula is C13H18N2O. The van der Waals surface area contributed by atoms with E-state index in [1.807, 2.05) is 24.3 Å². The summed E-state index contributed by atoms with van der Waals surface area (Å²) in [6.45, 7) is 2.45. The van der Waals surface area contributed by atoms with Gasteiger partial charge in [-0.2, -0.15) is 0 Å². The van der Waals surface area contributed by atoms with Gasteiger partial charge in [-0.15, -0.1) is 0 Å². The number of hydrogen-bond donors (Lipinski definition) is 1. The summed E-state index contributed by atoms with van der Waals surface area (Å²) in [4.78, 5) is 2.56. The number of nitrogen functional groups attached to an aromatic ring is 1. The minimum absolute atomic E-state index is 0.381. The van der Waals surface area contributed by atoms with Gasteiger partial charge in [-0.3, -0.25) is 4.90 Å². The van der Waals surface area contributed by atoms with Gasteiger partial charge in [-0.1, -0.05) is 0 Å². The van der Waals surface area contributed by atoms with E-state index in [-0.39, 0.29) is 0 Å². The van der Waals surface area contributed by atoms with Gasteiger partial charge >= 0.3 is 0 Å². The number of rotatable bonds is 2. The summed E-state index contributed by atoms with van der Waals surface area (Å²) in [6, 6.07) is 8.38. The second-order valence-electron chi connectivity index (χ2n) is 4.76. The Kier molecular flexibility index (Phi) is 2.48. The van der Waals surface area contributed by atoms with E-state index in [1.54, 1.807) is 0 Å². The number of benzene rings is 1. The summed E-state index contributed by atoms with van der Waals surface area (Å²) in [5.74, 6) is 0.952. The van der Waals surface area contributed by atoms with E-state index >= 15 is 0 Å². The Morgan fingerprint density at radius 1 is 1.12 bits per heavy atom. The van der Waals surface area contributed by atoms with Gasteiger partial charge in [0.05, 0.1) is 0 Å². The van der Waals surface area contributed by atoms with E-state index in [0.29, 0.717) is 12.1 Å². The molecule has 2 saturated heterocycles. The van der Waals surface area contributed by atoms with Crippen molar-refractivity contribution in [3.63, 3.8) is 0 Å². The molecule has 0 spiro atoms. The molecule has 0 radical (unpaired) electrons. The van der Waals surface area contributed by atoms with Crippen LogP contribution in [0.3, 0.4) is 0 Å². The minimum Gasteiger partial charge on any atom is -0.489 e. The van der Waals surface area contributed by atoms with Crippen LogP contribution >= 0.6 is 0 Å². The number of hydrogen-bond acceptors (Lipinski definition) is 3. The summed E-state index contributed by atoms with van der Waals surface area (Å²) < 4.78 is 6.05. The maximum atomic E-state index is 6.05. The molecule has 1 aromatic carbocycles. The number of nitrogens with two attached hydrogens (primary N) is 1. The Morgan fingerprint density at radius 2 is 1.94 bits per heavy atom. The Labute approximate surface area is 96.2 Å². The van der Waals surface area contributed by atoms with Crippen LogP contribution in [0.2, 0.25) is 0 Å². The largest absolute Gasteiger partial charge is 0.489 e. The normalized spacial score (nSPS) is 29.2. The van der Waals surface area contributed by atoms with E-state index in [2.05, 4.69) is 4.90 Å². The molecule has 2 N–H and O–H groups in total. The average Bonchev–Trinajstić information content (AvgIpc) is 2.86. The van der Waals surface area contributed by atoms with Crippen LogP contribution in [-0.2, 0) is 0 Å². The van der Waals surface area contributed by atoms with Crippen LogP contribution in [0.5, 0.6) is 5.75 Å². The molecule has 2 aliphatic rings. The molecule has 0 bridgehead atoms. The monoisotopic (exact) mass is 218 g/mol. The average molecular weight is 218 g/mol. The van der Waals surface area contributed by atoms with Gasteiger partial charge in [0.15, 0.2) is 0 Å². The van der Waals surface area contributed by atoms with Crippen LogP contribution in [-0.4, -0.2) is 30.1 Å². The summed E-state index contributed by atoms with van der Waals surface area (Å²) >= 11 is 0. The molecule has 0 aliphatic carbocycles. The lowest BCUT2D eigenvalue weighted by molar-refractivity contribution is 0.159. The van der Waals surface area contributed by atoms with Gasteiger partial charge in [0.2, 0.25) is 0 Å². The first-order valence-electron chi connectivity index (χ1n) is 6.09. The van der Waals surface area contributed by atoms with Crippen LogP contribution in [0.4, 0.5) is 5.69 Å².